The lowest BCUT2D eigenvalue weighted by atomic mass is 10.2. The van der Waals surface area contributed by atoms with Gasteiger partial charge in [-0.05, 0) is 6.07 Å². The summed E-state index contributed by atoms with van der Waals surface area (Å²) in [6.07, 6.45) is 3.38. The minimum atomic E-state index is -0.212. The fourth-order valence-electron chi connectivity index (χ4n) is 2.26. The van der Waals surface area contributed by atoms with Crippen LogP contribution < -0.4 is 19.5 Å². The Labute approximate surface area is 153 Å². The number of amides is 1. The van der Waals surface area contributed by atoms with E-state index >= 15 is 0 Å². The van der Waals surface area contributed by atoms with Gasteiger partial charge in [-0.1, -0.05) is 11.8 Å². The molecule has 0 aliphatic carbocycles. The molecule has 0 unspecified atom stereocenters. The van der Waals surface area contributed by atoms with Crippen molar-refractivity contribution in [2.45, 2.75) is 5.16 Å². The monoisotopic (exact) mass is 375 g/mol. The molecule has 2 heterocycles. The van der Waals surface area contributed by atoms with Gasteiger partial charge in [0.05, 0.1) is 27.1 Å². The van der Waals surface area contributed by atoms with E-state index in [-0.39, 0.29) is 11.7 Å². The molecule has 0 radical (unpaired) electrons. The fraction of sp³-hybridized carbons (Fsp3) is 0.250. The summed E-state index contributed by atoms with van der Waals surface area (Å²) in [5, 5.41) is 7.51. The number of anilines is 1. The summed E-state index contributed by atoms with van der Waals surface area (Å²) in [4.78, 5) is 20.6. The zero-order valence-corrected chi connectivity index (χ0v) is 15.2. The van der Waals surface area contributed by atoms with Crippen LogP contribution in [0.15, 0.2) is 35.7 Å². The van der Waals surface area contributed by atoms with Crippen molar-refractivity contribution in [1.82, 2.24) is 19.6 Å². The Morgan fingerprint density at radius 1 is 1.19 bits per heavy atom. The van der Waals surface area contributed by atoms with Crippen LogP contribution in [0, 0.1) is 0 Å². The maximum Gasteiger partial charge on any atom is 0.253 e. The van der Waals surface area contributed by atoms with Gasteiger partial charge in [-0.15, -0.1) is 5.10 Å². The predicted molar refractivity (Wildman–Crippen MR) is 96.2 cm³/mol. The normalized spacial score (nSPS) is 10.6. The topological polar surface area (TPSA) is 99.9 Å². The first-order chi connectivity index (χ1) is 12.6. The zero-order chi connectivity index (χ0) is 18.5. The van der Waals surface area contributed by atoms with Gasteiger partial charge in [0, 0.05) is 30.2 Å². The molecule has 0 saturated heterocycles. The van der Waals surface area contributed by atoms with E-state index in [1.807, 2.05) is 0 Å². The first-order valence-electron chi connectivity index (χ1n) is 7.54. The van der Waals surface area contributed by atoms with E-state index in [0.717, 1.165) is 0 Å². The summed E-state index contributed by atoms with van der Waals surface area (Å²) in [5.74, 6) is 1.80. The number of nitrogens with zero attached hydrogens (tertiary/aromatic N) is 4. The minimum absolute atomic E-state index is 0.146. The second-order valence-corrected chi connectivity index (χ2v) is 5.95. The second kappa shape index (κ2) is 7.91. The van der Waals surface area contributed by atoms with Crippen LogP contribution in [0.25, 0.3) is 5.78 Å². The third kappa shape index (κ3) is 3.80. The van der Waals surface area contributed by atoms with Crippen LogP contribution in [0.1, 0.15) is 0 Å². The van der Waals surface area contributed by atoms with Crippen molar-refractivity contribution in [2.75, 3.05) is 32.4 Å². The highest BCUT2D eigenvalue weighted by Crippen LogP contribution is 2.39. The molecule has 2 aromatic heterocycles. The average Bonchev–Trinajstić information content (AvgIpc) is 3.08. The molecule has 1 N–H and O–H groups in total. The molecule has 1 aromatic carbocycles. The Kier molecular flexibility index (Phi) is 5.42. The van der Waals surface area contributed by atoms with Crippen LogP contribution >= 0.6 is 11.8 Å². The van der Waals surface area contributed by atoms with E-state index in [4.69, 9.17) is 14.2 Å². The van der Waals surface area contributed by atoms with Crippen LogP contribution in [-0.4, -0.2) is 52.6 Å². The molecule has 3 rings (SSSR count). The third-order valence-electron chi connectivity index (χ3n) is 3.38. The SMILES string of the molecule is COc1cc(NC(=O)CSc2nc3ncccn3n2)cc(OC)c1OC. The van der Waals surface area contributed by atoms with Gasteiger partial charge in [0.2, 0.25) is 16.8 Å². The number of fused-ring (bicyclic) bond motifs is 1. The van der Waals surface area contributed by atoms with Gasteiger partial charge >= 0.3 is 0 Å². The average molecular weight is 375 g/mol. The number of hydrogen-bond acceptors (Lipinski definition) is 8. The molecule has 0 aliphatic rings. The lowest BCUT2D eigenvalue weighted by molar-refractivity contribution is -0.113. The summed E-state index contributed by atoms with van der Waals surface area (Å²) in [5.41, 5.74) is 0.537. The standard InChI is InChI=1S/C16H17N5O4S/c1-23-11-7-10(8-12(24-2)14(11)25-3)18-13(22)9-26-16-19-15-17-5-4-6-21(15)20-16/h4-8H,9H2,1-3H3,(H,18,22). The van der Waals surface area contributed by atoms with Gasteiger partial charge in [-0.2, -0.15) is 4.98 Å². The van der Waals surface area contributed by atoms with Crippen LogP contribution in [-0.2, 0) is 4.79 Å². The Hall–Kier alpha value is -3.01. The minimum Gasteiger partial charge on any atom is -0.493 e. The van der Waals surface area contributed by atoms with Gasteiger partial charge in [0.1, 0.15) is 0 Å². The van der Waals surface area contributed by atoms with Crippen molar-refractivity contribution in [2.24, 2.45) is 0 Å². The highest BCUT2D eigenvalue weighted by atomic mass is 32.2. The number of ether oxygens (including phenoxy) is 3. The van der Waals surface area contributed by atoms with E-state index in [9.17, 15) is 4.79 Å². The van der Waals surface area contributed by atoms with Crippen molar-refractivity contribution in [1.29, 1.82) is 0 Å². The van der Waals surface area contributed by atoms with E-state index in [2.05, 4.69) is 20.4 Å². The first kappa shape index (κ1) is 17.8. The third-order valence-corrected chi connectivity index (χ3v) is 4.22. The molecule has 0 atom stereocenters. The van der Waals surface area contributed by atoms with Gasteiger partial charge in [0.25, 0.3) is 5.78 Å². The smallest absolute Gasteiger partial charge is 0.253 e. The fourth-order valence-corrected chi connectivity index (χ4v) is 2.88. The summed E-state index contributed by atoms with van der Waals surface area (Å²) in [6, 6.07) is 5.08. The van der Waals surface area contributed by atoms with Crippen molar-refractivity contribution < 1.29 is 19.0 Å². The van der Waals surface area contributed by atoms with Crippen LogP contribution in [0.5, 0.6) is 17.2 Å². The van der Waals surface area contributed by atoms with Crippen molar-refractivity contribution in [3.05, 3.63) is 30.6 Å². The maximum absolute atomic E-state index is 12.2. The molecule has 10 heteroatoms. The van der Waals surface area contributed by atoms with E-state index in [1.165, 1.54) is 33.1 Å². The van der Waals surface area contributed by atoms with Gasteiger partial charge in [0.15, 0.2) is 11.5 Å². The summed E-state index contributed by atoms with van der Waals surface area (Å²) < 4.78 is 17.4. The molecule has 1 amide bonds. The lowest BCUT2D eigenvalue weighted by Gasteiger charge is -2.14. The quantitative estimate of drug-likeness (QED) is 0.625. The number of carbonyl (C=O) groups is 1. The van der Waals surface area contributed by atoms with Gasteiger partial charge < -0.3 is 19.5 Å². The zero-order valence-electron chi connectivity index (χ0n) is 14.4. The summed E-state index contributed by atoms with van der Waals surface area (Å²) in [6.45, 7) is 0. The molecular formula is C16H17N5O4S. The van der Waals surface area contributed by atoms with E-state index < -0.39 is 0 Å². The number of hydrogen-bond donors (Lipinski definition) is 1. The second-order valence-electron chi connectivity index (χ2n) is 5.01. The number of carbonyl (C=O) groups excluding carboxylic acids is 1. The van der Waals surface area contributed by atoms with Crippen LogP contribution in [0.3, 0.4) is 0 Å². The Balaban J connectivity index is 1.67. The number of methoxy groups -OCH3 is 3. The molecule has 9 nitrogen and oxygen atoms in total. The summed E-state index contributed by atoms with van der Waals surface area (Å²) >= 11 is 1.22. The Morgan fingerprint density at radius 2 is 1.92 bits per heavy atom. The predicted octanol–water partition coefficient (Wildman–Crippen LogP) is 1.88. The van der Waals surface area contributed by atoms with Crippen molar-refractivity contribution in [3.8, 4) is 17.2 Å². The number of rotatable bonds is 7. The largest absolute Gasteiger partial charge is 0.493 e. The van der Waals surface area contributed by atoms with E-state index in [1.54, 1.807) is 35.1 Å². The molecule has 136 valence electrons. The number of aromatic nitrogens is 4. The van der Waals surface area contributed by atoms with E-state index in [0.29, 0.717) is 33.9 Å². The van der Waals surface area contributed by atoms with Crippen molar-refractivity contribution >= 4 is 29.1 Å². The van der Waals surface area contributed by atoms with Gasteiger partial charge in [-0.3, -0.25) is 4.79 Å². The van der Waals surface area contributed by atoms with Crippen LogP contribution in [0.2, 0.25) is 0 Å². The van der Waals surface area contributed by atoms with Gasteiger partial charge in [-0.25, -0.2) is 9.50 Å². The number of benzene rings is 1. The molecule has 0 bridgehead atoms. The van der Waals surface area contributed by atoms with Crippen molar-refractivity contribution in [3.63, 3.8) is 0 Å². The molecule has 26 heavy (non-hydrogen) atoms. The van der Waals surface area contributed by atoms with Crippen LogP contribution in [0.4, 0.5) is 5.69 Å². The molecule has 0 aliphatic heterocycles. The first-order valence-corrected chi connectivity index (χ1v) is 8.53. The molecule has 3 aromatic rings. The molecule has 0 fully saturated rings. The highest BCUT2D eigenvalue weighted by molar-refractivity contribution is 7.99. The molecular weight excluding hydrogens is 358 g/mol. The number of thioether (sulfide) groups is 1. The number of nitrogens with one attached hydrogen (secondary N) is 1. The Morgan fingerprint density at radius 3 is 2.54 bits per heavy atom. The Bertz CT molecular complexity index is 872. The highest BCUT2D eigenvalue weighted by Gasteiger charge is 2.15. The summed E-state index contributed by atoms with van der Waals surface area (Å²) in [7, 11) is 4.55. The maximum atomic E-state index is 12.2. The lowest BCUT2D eigenvalue weighted by Crippen LogP contribution is -2.14. The molecule has 0 saturated carbocycles. The molecule has 0 spiro atoms.